The Bertz CT molecular complexity index is 752. The van der Waals surface area contributed by atoms with Gasteiger partial charge in [-0.2, -0.15) is 4.72 Å². The number of sulfonamides is 1. The molecule has 0 amide bonds. The van der Waals surface area contributed by atoms with Crippen molar-refractivity contribution in [3.63, 3.8) is 0 Å². The molecular formula is C13H14N2O4S2. The lowest BCUT2D eigenvalue weighted by atomic mass is 10.1. The van der Waals surface area contributed by atoms with Crippen molar-refractivity contribution in [2.45, 2.75) is 24.3 Å². The second-order valence-electron chi connectivity index (χ2n) is 4.90. The Morgan fingerprint density at radius 3 is 2.67 bits per heavy atom. The Kier molecular flexibility index (Phi) is 4.13. The number of carboxylic acid groups (broad SMARTS) is 1. The highest BCUT2D eigenvalue weighted by Gasteiger charge is 2.30. The molecular weight excluding hydrogens is 312 g/mol. The molecule has 0 fully saturated rings. The molecule has 1 aromatic carbocycles. The van der Waals surface area contributed by atoms with Gasteiger partial charge < -0.3 is 5.11 Å². The van der Waals surface area contributed by atoms with Crippen molar-refractivity contribution in [1.29, 1.82) is 0 Å². The molecule has 0 saturated heterocycles. The van der Waals surface area contributed by atoms with Gasteiger partial charge in [0.25, 0.3) is 0 Å². The molecule has 0 bridgehead atoms. The highest BCUT2D eigenvalue weighted by Crippen LogP contribution is 2.25. The maximum Gasteiger partial charge on any atom is 0.335 e. The molecule has 1 heterocycles. The Morgan fingerprint density at radius 2 is 2.10 bits per heavy atom. The van der Waals surface area contributed by atoms with Crippen LogP contribution in [0.25, 0.3) is 0 Å². The van der Waals surface area contributed by atoms with Crippen LogP contribution >= 0.6 is 11.3 Å². The van der Waals surface area contributed by atoms with Gasteiger partial charge in [0.15, 0.2) is 0 Å². The van der Waals surface area contributed by atoms with Crippen LogP contribution in [-0.4, -0.2) is 24.5 Å². The largest absolute Gasteiger partial charge is 0.478 e. The molecule has 0 radical (unpaired) electrons. The molecule has 112 valence electrons. The lowest BCUT2D eigenvalue weighted by Gasteiger charge is -2.23. The third-order valence-corrected chi connectivity index (χ3v) is 5.50. The van der Waals surface area contributed by atoms with Crippen molar-refractivity contribution < 1.29 is 18.3 Å². The third kappa shape index (κ3) is 3.46. The SMILES string of the molecule is CC(C)(NS(=O)(=O)c1cccc(C(=O)O)c1)c1nccs1. The first-order valence-electron chi connectivity index (χ1n) is 6.00. The molecule has 21 heavy (non-hydrogen) atoms. The summed E-state index contributed by atoms with van der Waals surface area (Å²) in [7, 11) is -3.85. The number of carbonyl (C=O) groups is 1. The van der Waals surface area contributed by atoms with E-state index in [1.165, 1.54) is 29.5 Å². The molecule has 6 nitrogen and oxygen atoms in total. The molecule has 8 heteroatoms. The predicted octanol–water partition coefficient (Wildman–Crippen LogP) is 2.05. The second-order valence-corrected chi connectivity index (χ2v) is 7.48. The van der Waals surface area contributed by atoms with Crippen LogP contribution in [0.15, 0.2) is 40.7 Å². The van der Waals surface area contributed by atoms with Crippen LogP contribution in [0.5, 0.6) is 0 Å². The average Bonchev–Trinajstić information content (AvgIpc) is 2.92. The first-order valence-corrected chi connectivity index (χ1v) is 8.36. The van der Waals surface area contributed by atoms with Gasteiger partial charge in [0.05, 0.1) is 16.0 Å². The van der Waals surface area contributed by atoms with Crippen LogP contribution in [0.1, 0.15) is 29.2 Å². The van der Waals surface area contributed by atoms with Crippen LogP contribution in [0.3, 0.4) is 0 Å². The van der Waals surface area contributed by atoms with Crippen molar-refractivity contribution in [3.8, 4) is 0 Å². The van der Waals surface area contributed by atoms with Gasteiger partial charge >= 0.3 is 5.97 Å². The molecule has 0 aliphatic carbocycles. The number of hydrogen-bond donors (Lipinski definition) is 2. The topological polar surface area (TPSA) is 96.4 Å². The molecule has 0 atom stereocenters. The summed E-state index contributed by atoms with van der Waals surface area (Å²) >= 11 is 1.34. The van der Waals surface area contributed by atoms with Gasteiger partial charge in [0.2, 0.25) is 10.0 Å². The number of rotatable bonds is 5. The van der Waals surface area contributed by atoms with Crippen LogP contribution in [0.4, 0.5) is 0 Å². The molecule has 0 aliphatic rings. The quantitative estimate of drug-likeness (QED) is 0.876. The van der Waals surface area contributed by atoms with Crippen molar-refractivity contribution >= 4 is 27.3 Å². The van der Waals surface area contributed by atoms with E-state index in [0.717, 1.165) is 6.07 Å². The van der Waals surface area contributed by atoms with Crippen molar-refractivity contribution in [1.82, 2.24) is 9.71 Å². The lowest BCUT2D eigenvalue weighted by molar-refractivity contribution is 0.0696. The number of hydrogen-bond acceptors (Lipinski definition) is 5. The average molecular weight is 326 g/mol. The zero-order valence-corrected chi connectivity index (χ0v) is 13.0. The maximum atomic E-state index is 12.4. The summed E-state index contributed by atoms with van der Waals surface area (Å²) in [6.07, 6.45) is 1.60. The fourth-order valence-electron chi connectivity index (χ4n) is 1.77. The Hall–Kier alpha value is -1.77. The van der Waals surface area contributed by atoms with Crippen molar-refractivity contribution in [2.24, 2.45) is 0 Å². The van der Waals surface area contributed by atoms with Gasteiger partial charge in [-0.3, -0.25) is 0 Å². The fourth-order valence-corrected chi connectivity index (χ4v) is 3.98. The van der Waals surface area contributed by atoms with Gasteiger partial charge in [-0.25, -0.2) is 18.2 Å². The fraction of sp³-hybridized carbons (Fsp3) is 0.231. The summed E-state index contributed by atoms with van der Waals surface area (Å²) in [4.78, 5) is 14.9. The van der Waals surface area contributed by atoms with E-state index in [9.17, 15) is 13.2 Å². The van der Waals surface area contributed by atoms with Gasteiger partial charge in [-0.05, 0) is 32.0 Å². The summed E-state index contributed by atoms with van der Waals surface area (Å²) in [6, 6.07) is 5.22. The van der Waals surface area contributed by atoms with E-state index in [0.29, 0.717) is 5.01 Å². The molecule has 0 unspecified atom stereocenters. The van der Waals surface area contributed by atoms with Gasteiger partial charge in [-0.15, -0.1) is 11.3 Å². The Morgan fingerprint density at radius 1 is 1.38 bits per heavy atom. The number of carboxylic acids is 1. The number of benzene rings is 1. The summed E-state index contributed by atoms with van der Waals surface area (Å²) in [6.45, 7) is 3.40. The van der Waals surface area contributed by atoms with E-state index in [2.05, 4.69) is 9.71 Å². The van der Waals surface area contributed by atoms with Crippen molar-refractivity contribution in [2.75, 3.05) is 0 Å². The lowest BCUT2D eigenvalue weighted by Crippen LogP contribution is -2.40. The van der Waals surface area contributed by atoms with Gasteiger partial charge in [0.1, 0.15) is 5.01 Å². The summed E-state index contributed by atoms with van der Waals surface area (Å²) < 4.78 is 27.3. The van der Waals surface area contributed by atoms with E-state index >= 15 is 0 Å². The van der Waals surface area contributed by atoms with E-state index in [4.69, 9.17) is 5.11 Å². The molecule has 0 aliphatic heterocycles. The molecule has 0 spiro atoms. The van der Waals surface area contributed by atoms with Crippen LogP contribution in [-0.2, 0) is 15.6 Å². The number of thiazole rings is 1. The van der Waals surface area contributed by atoms with Crippen LogP contribution in [0, 0.1) is 0 Å². The molecule has 0 saturated carbocycles. The number of nitrogens with zero attached hydrogens (tertiary/aromatic N) is 1. The smallest absolute Gasteiger partial charge is 0.335 e. The summed E-state index contributed by atoms with van der Waals surface area (Å²) in [5.74, 6) is -1.17. The maximum absolute atomic E-state index is 12.4. The predicted molar refractivity (Wildman–Crippen MR) is 78.9 cm³/mol. The number of aromatic nitrogens is 1. The minimum absolute atomic E-state index is 0.0788. The zero-order valence-electron chi connectivity index (χ0n) is 11.4. The van der Waals surface area contributed by atoms with Gasteiger partial charge in [-0.1, -0.05) is 6.07 Å². The van der Waals surface area contributed by atoms with E-state index in [1.54, 1.807) is 25.4 Å². The molecule has 2 N–H and O–H groups in total. The minimum atomic E-state index is -3.85. The standard InChI is InChI=1S/C13H14N2O4S2/c1-13(2,12-14-6-7-20-12)15-21(18,19)10-5-3-4-9(8-10)11(16)17/h3-8,15H,1-2H3,(H,16,17). The Labute approximate surface area is 126 Å². The highest BCUT2D eigenvalue weighted by atomic mass is 32.2. The second kappa shape index (κ2) is 5.55. The highest BCUT2D eigenvalue weighted by molar-refractivity contribution is 7.89. The van der Waals surface area contributed by atoms with Crippen LogP contribution in [0.2, 0.25) is 0 Å². The first kappa shape index (κ1) is 15.6. The molecule has 2 rings (SSSR count). The Balaban J connectivity index is 2.35. The summed E-state index contributed by atoms with van der Waals surface area (Å²) in [5, 5.41) is 11.3. The van der Waals surface area contributed by atoms with E-state index in [-0.39, 0.29) is 10.5 Å². The van der Waals surface area contributed by atoms with Crippen LogP contribution < -0.4 is 4.72 Å². The minimum Gasteiger partial charge on any atom is -0.478 e. The molecule has 1 aromatic heterocycles. The zero-order chi connectivity index (χ0) is 15.7. The van der Waals surface area contributed by atoms with E-state index in [1.807, 2.05) is 0 Å². The van der Waals surface area contributed by atoms with Gasteiger partial charge in [0, 0.05) is 11.6 Å². The molecule has 2 aromatic rings. The normalized spacial score (nSPS) is 12.3. The third-order valence-electron chi connectivity index (χ3n) is 2.75. The summed E-state index contributed by atoms with van der Waals surface area (Å²) in [5.41, 5.74) is -0.961. The number of nitrogens with one attached hydrogen (secondary N) is 1. The number of aromatic carboxylic acids is 1. The monoisotopic (exact) mass is 326 g/mol. The van der Waals surface area contributed by atoms with E-state index < -0.39 is 21.5 Å². The van der Waals surface area contributed by atoms with Crippen molar-refractivity contribution in [3.05, 3.63) is 46.4 Å². The first-order chi connectivity index (χ1) is 9.72.